The highest BCUT2D eigenvalue weighted by Gasteiger charge is 2.27. The number of aromatic nitrogens is 2. The molecule has 0 radical (unpaired) electrons. The van der Waals surface area contributed by atoms with E-state index in [1.807, 2.05) is 31.2 Å². The quantitative estimate of drug-likeness (QED) is 0.915. The van der Waals surface area contributed by atoms with Crippen molar-refractivity contribution in [2.75, 3.05) is 29.9 Å². The van der Waals surface area contributed by atoms with Crippen LogP contribution < -0.4 is 15.0 Å². The summed E-state index contributed by atoms with van der Waals surface area (Å²) in [6.45, 7) is 4.06. The first-order valence-electron chi connectivity index (χ1n) is 8.32. The van der Waals surface area contributed by atoms with Gasteiger partial charge in [-0.25, -0.2) is 9.97 Å². The number of carbonyl (C=O) groups is 1. The van der Waals surface area contributed by atoms with Crippen molar-refractivity contribution in [2.45, 2.75) is 19.8 Å². The van der Waals surface area contributed by atoms with Crippen LogP contribution in [0.1, 0.15) is 19.8 Å². The third-order valence-corrected chi connectivity index (χ3v) is 4.04. The molecule has 1 atom stereocenters. The molecule has 2 aromatic rings. The van der Waals surface area contributed by atoms with Crippen LogP contribution in [0, 0.1) is 5.92 Å². The number of amides is 1. The highest BCUT2D eigenvalue weighted by atomic mass is 16.5. The fourth-order valence-electron chi connectivity index (χ4n) is 2.90. The lowest BCUT2D eigenvalue weighted by Crippen LogP contribution is -2.41. The zero-order valence-electron chi connectivity index (χ0n) is 13.8. The Morgan fingerprint density at radius 1 is 1.33 bits per heavy atom. The van der Waals surface area contributed by atoms with Crippen LogP contribution in [0.5, 0.6) is 5.75 Å². The van der Waals surface area contributed by atoms with Crippen molar-refractivity contribution in [3.05, 3.63) is 42.7 Å². The number of hydrogen-bond donors (Lipinski definition) is 1. The van der Waals surface area contributed by atoms with Gasteiger partial charge in [0.25, 0.3) is 0 Å². The average molecular weight is 326 g/mol. The summed E-state index contributed by atoms with van der Waals surface area (Å²) in [4.78, 5) is 23.2. The summed E-state index contributed by atoms with van der Waals surface area (Å²) in [6, 6.07) is 9.28. The van der Waals surface area contributed by atoms with E-state index in [0.29, 0.717) is 19.1 Å². The average Bonchev–Trinajstić information content (AvgIpc) is 2.63. The van der Waals surface area contributed by atoms with E-state index >= 15 is 0 Å². The van der Waals surface area contributed by atoms with Crippen molar-refractivity contribution in [1.29, 1.82) is 0 Å². The number of benzene rings is 1. The van der Waals surface area contributed by atoms with Gasteiger partial charge in [0.05, 0.1) is 12.5 Å². The number of hydrogen-bond acceptors (Lipinski definition) is 5. The molecule has 1 aromatic heterocycles. The van der Waals surface area contributed by atoms with Gasteiger partial charge in [0, 0.05) is 37.2 Å². The van der Waals surface area contributed by atoms with Crippen molar-refractivity contribution in [1.82, 2.24) is 9.97 Å². The molecule has 0 aliphatic carbocycles. The van der Waals surface area contributed by atoms with Gasteiger partial charge in [-0.05, 0) is 38.0 Å². The second-order valence-corrected chi connectivity index (χ2v) is 5.78. The first-order valence-corrected chi connectivity index (χ1v) is 8.32. The van der Waals surface area contributed by atoms with Crippen molar-refractivity contribution < 1.29 is 9.53 Å². The number of rotatable bonds is 5. The molecule has 126 valence electrons. The van der Waals surface area contributed by atoms with Crippen LogP contribution in [0.25, 0.3) is 0 Å². The van der Waals surface area contributed by atoms with E-state index in [-0.39, 0.29) is 11.8 Å². The Kier molecular flexibility index (Phi) is 5.25. The van der Waals surface area contributed by atoms with Gasteiger partial charge in [-0.1, -0.05) is 6.07 Å². The Morgan fingerprint density at radius 3 is 2.96 bits per heavy atom. The summed E-state index contributed by atoms with van der Waals surface area (Å²) in [6.07, 6.45) is 5.28. The molecule has 6 nitrogen and oxygen atoms in total. The van der Waals surface area contributed by atoms with Gasteiger partial charge in [0.2, 0.25) is 11.9 Å². The van der Waals surface area contributed by atoms with Gasteiger partial charge < -0.3 is 15.0 Å². The summed E-state index contributed by atoms with van der Waals surface area (Å²) in [5, 5.41) is 3.00. The van der Waals surface area contributed by atoms with Crippen molar-refractivity contribution >= 4 is 17.5 Å². The van der Waals surface area contributed by atoms with E-state index in [1.54, 1.807) is 18.5 Å². The summed E-state index contributed by atoms with van der Waals surface area (Å²) in [7, 11) is 0. The van der Waals surface area contributed by atoms with Crippen LogP contribution in [-0.4, -0.2) is 35.6 Å². The molecule has 2 heterocycles. The Morgan fingerprint density at radius 2 is 2.17 bits per heavy atom. The zero-order valence-corrected chi connectivity index (χ0v) is 13.8. The van der Waals surface area contributed by atoms with Crippen LogP contribution >= 0.6 is 0 Å². The molecule has 1 N–H and O–H groups in total. The molecule has 1 saturated heterocycles. The Labute approximate surface area is 141 Å². The highest BCUT2D eigenvalue weighted by molar-refractivity contribution is 5.93. The minimum Gasteiger partial charge on any atom is -0.494 e. The van der Waals surface area contributed by atoms with Gasteiger partial charge in [0.1, 0.15) is 5.75 Å². The third kappa shape index (κ3) is 4.01. The minimum absolute atomic E-state index is 0.0317. The highest BCUT2D eigenvalue weighted by Crippen LogP contribution is 2.23. The summed E-state index contributed by atoms with van der Waals surface area (Å²) in [5.41, 5.74) is 0.763. The lowest BCUT2D eigenvalue weighted by Gasteiger charge is -2.31. The van der Waals surface area contributed by atoms with Gasteiger partial charge in [-0.2, -0.15) is 0 Å². The molecular weight excluding hydrogens is 304 g/mol. The summed E-state index contributed by atoms with van der Waals surface area (Å²) < 4.78 is 5.47. The molecule has 1 aromatic carbocycles. The number of anilines is 2. The maximum Gasteiger partial charge on any atom is 0.229 e. The number of nitrogens with one attached hydrogen (secondary N) is 1. The largest absolute Gasteiger partial charge is 0.494 e. The zero-order chi connectivity index (χ0) is 16.8. The Bertz CT molecular complexity index is 678. The molecule has 1 aliphatic heterocycles. The molecule has 0 saturated carbocycles. The fraction of sp³-hybridized carbons (Fsp3) is 0.389. The van der Waals surface area contributed by atoms with E-state index in [9.17, 15) is 4.79 Å². The molecule has 0 bridgehead atoms. The normalized spacial score (nSPS) is 17.4. The second kappa shape index (κ2) is 7.77. The maximum absolute atomic E-state index is 12.6. The lowest BCUT2D eigenvalue weighted by molar-refractivity contribution is -0.120. The monoisotopic (exact) mass is 326 g/mol. The summed E-state index contributed by atoms with van der Waals surface area (Å²) >= 11 is 0. The molecule has 24 heavy (non-hydrogen) atoms. The predicted octanol–water partition coefficient (Wildman–Crippen LogP) is 2.73. The van der Waals surface area contributed by atoms with Gasteiger partial charge in [-0.3, -0.25) is 4.79 Å². The lowest BCUT2D eigenvalue weighted by atomic mass is 9.97. The minimum atomic E-state index is -0.0710. The molecule has 0 spiro atoms. The second-order valence-electron chi connectivity index (χ2n) is 5.78. The van der Waals surface area contributed by atoms with E-state index in [4.69, 9.17) is 4.74 Å². The standard InChI is InChI=1S/C18H22N4O2/c1-2-24-16-8-3-7-15(12-16)21-17(23)14-6-4-11-22(13-14)18-19-9-5-10-20-18/h3,5,7-10,12,14H,2,4,6,11,13H2,1H3,(H,21,23)/t14-/m1/s1. The van der Waals surface area contributed by atoms with Crippen LogP contribution in [0.2, 0.25) is 0 Å². The molecule has 1 fully saturated rings. The Balaban J connectivity index is 1.63. The maximum atomic E-state index is 12.6. The van der Waals surface area contributed by atoms with Crippen LogP contribution in [0.4, 0.5) is 11.6 Å². The van der Waals surface area contributed by atoms with Crippen LogP contribution in [0.15, 0.2) is 42.7 Å². The van der Waals surface area contributed by atoms with Crippen molar-refractivity contribution in [3.63, 3.8) is 0 Å². The number of carbonyl (C=O) groups excluding carboxylic acids is 1. The van der Waals surface area contributed by atoms with Gasteiger partial charge >= 0.3 is 0 Å². The fourth-order valence-corrected chi connectivity index (χ4v) is 2.90. The molecule has 3 rings (SSSR count). The van der Waals surface area contributed by atoms with E-state index < -0.39 is 0 Å². The molecule has 0 unspecified atom stereocenters. The molecule has 1 amide bonds. The summed E-state index contributed by atoms with van der Waals surface area (Å²) in [5.74, 6) is 1.41. The predicted molar refractivity (Wildman–Crippen MR) is 93.2 cm³/mol. The number of piperidine rings is 1. The van der Waals surface area contributed by atoms with E-state index in [0.717, 1.165) is 30.8 Å². The van der Waals surface area contributed by atoms with Crippen LogP contribution in [0.3, 0.4) is 0 Å². The van der Waals surface area contributed by atoms with E-state index in [2.05, 4.69) is 20.2 Å². The number of ether oxygens (including phenoxy) is 1. The van der Waals surface area contributed by atoms with Gasteiger partial charge in [-0.15, -0.1) is 0 Å². The Hall–Kier alpha value is -2.63. The molecular formula is C18H22N4O2. The number of nitrogens with zero attached hydrogens (tertiary/aromatic N) is 3. The van der Waals surface area contributed by atoms with E-state index in [1.165, 1.54) is 0 Å². The van der Waals surface area contributed by atoms with Crippen molar-refractivity contribution in [2.24, 2.45) is 5.92 Å². The first-order chi connectivity index (χ1) is 11.8. The smallest absolute Gasteiger partial charge is 0.229 e. The topological polar surface area (TPSA) is 67.3 Å². The first kappa shape index (κ1) is 16.2. The third-order valence-electron chi connectivity index (χ3n) is 4.04. The van der Waals surface area contributed by atoms with Crippen molar-refractivity contribution in [3.8, 4) is 5.75 Å². The molecule has 6 heteroatoms. The SMILES string of the molecule is CCOc1cccc(NC(=O)[C@@H]2CCCN(c3ncccn3)C2)c1. The van der Waals surface area contributed by atoms with Crippen LogP contribution in [-0.2, 0) is 4.79 Å². The molecule has 1 aliphatic rings. The van der Waals surface area contributed by atoms with Gasteiger partial charge in [0.15, 0.2) is 0 Å².